The molecule has 0 aromatic heterocycles. The molecule has 0 aliphatic carbocycles. The number of nitriles is 1. The van der Waals surface area contributed by atoms with Gasteiger partial charge in [0.2, 0.25) is 0 Å². The van der Waals surface area contributed by atoms with Crippen molar-refractivity contribution in [3.63, 3.8) is 0 Å². The maximum Gasteiger partial charge on any atom is 0.327 e. The van der Waals surface area contributed by atoms with Gasteiger partial charge in [0.05, 0.1) is 12.7 Å². The molecule has 0 spiro atoms. The third-order valence-corrected chi connectivity index (χ3v) is 2.33. The molecule has 0 N–H and O–H groups in total. The predicted molar refractivity (Wildman–Crippen MR) is 59.1 cm³/mol. The molecule has 15 heavy (non-hydrogen) atoms. The van der Waals surface area contributed by atoms with Gasteiger partial charge in [-0.15, -0.1) is 0 Å². The molecule has 1 aromatic carbocycles. The van der Waals surface area contributed by atoms with Crippen LogP contribution in [0, 0.1) is 11.3 Å². The number of carbonyl (C=O) groups excluding carboxylic acids is 1. The van der Waals surface area contributed by atoms with Crippen LogP contribution in [0.2, 0.25) is 0 Å². The Labute approximate surface area is 96.8 Å². The van der Waals surface area contributed by atoms with Crippen molar-refractivity contribution in [3.05, 3.63) is 34.3 Å². The summed E-state index contributed by atoms with van der Waals surface area (Å²) in [7, 11) is 0. The first-order valence-corrected chi connectivity index (χ1v) is 5.30. The Hall–Kier alpha value is -1.34. The second-order valence-electron chi connectivity index (χ2n) is 2.87. The molecule has 0 saturated carbocycles. The Bertz CT molecular complexity index is 398. The van der Waals surface area contributed by atoms with Gasteiger partial charge in [-0.25, -0.2) is 0 Å². The molecule has 3 nitrogen and oxygen atoms in total. The molecule has 0 heterocycles. The Kier molecular flexibility index (Phi) is 4.32. The number of hydrogen-bond donors (Lipinski definition) is 0. The van der Waals surface area contributed by atoms with Crippen molar-refractivity contribution in [1.82, 2.24) is 0 Å². The minimum Gasteiger partial charge on any atom is -0.465 e. The smallest absolute Gasteiger partial charge is 0.327 e. The number of ether oxygens (including phenoxy) is 1. The van der Waals surface area contributed by atoms with Gasteiger partial charge in [0.15, 0.2) is 5.92 Å². The van der Waals surface area contributed by atoms with Crippen LogP contribution in [0.15, 0.2) is 28.7 Å². The van der Waals surface area contributed by atoms with Gasteiger partial charge in [0, 0.05) is 4.47 Å². The first-order chi connectivity index (χ1) is 7.19. The Balaban J connectivity index is 2.93. The summed E-state index contributed by atoms with van der Waals surface area (Å²) in [6, 6.07) is 9.02. The largest absolute Gasteiger partial charge is 0.465 e. The maximum absolute atomic E-state index is 11.4. The lowest BCUT2D eigenvalue weighted by atomic mass is 10.0. The molecule has 0 aliphatic heterocycles. The second kappa shape index (κ2) is 5.52. The summed E-state index contributed by atoms with van der Waals surface area (Å²) in [6.45, 7) is 2.00. The monoisotopic (exact) mass is 267 g/mol. The summed E-state index contributed by atoms with van der Waals surface area (Å²) < 4.78 is 5.65. The number of halogens is 1. The molecule has 0 radical (unpaired) electrons. The summed E-state index contributed by atoms with van der Waals surface area (Å²) in [5.74, 6) is -1.35. The van der Waals surface area contributed by atoms with Crippen LogP contribution in [0.5, 0.6) is 0 Å². The van der Waals surface area contributed by atoms with Crippen LogP contribution in [-0.2, 0) is 9.53 Å². The maximum atomic E-state index is 11.4. The van der Waals surface area contributed by atoms with Crippen LogP contribution < -0.4 is 0 Å². The molecule has 78 valence electrons. The fraction of sp³-hybridized carbons (Fsp3) is 0.273. The van der Waals surface area contributed by atoms with E-state index in [2.05, 4.69) is 15.9 Å². The number of hydrogen-bond acceptors (Lipinski definition) is 3. The van der Waals surface area contributed by atoms with E-state index in [9.17, 15) is 4.79 Å². The molecule has 1 rings (SSSR count). The standard InChI is InChI=1S/C11H10BrNO2/c1-2-15-11(14)10(7-13)8-4-3-5-9(12)6-8/h3-6,10H,2H2,1H3/t10-/m0/s1. The zero-order valence-electron chi connectivity index (χ0n) is 8.24. The lowest BCUT2D eigenvalue weighted by Crippen LogP contribution is -2.14. The number of esters is 1. The molecule has 0 aliphatic rings. The van der Waals surface area contributed by atoms with E-state index < -0.39 is 11.9 Å². The summed E-state index contributed by atoms with van der Waals surface area (Å²) in [6.07, 6.45) is 0. The predicted octanol–water partition coefficient (Wildman–Crippen LogP) is 2.62. The molecule has 0 unspecified atom stereocenters. The fourth-order valence-electron chi connectivity index (χ4n) is 1.18. The second-order valence-corrected chi connectivity index (χ2v) is 3.78. The number of rotatable bonds is 3. The topological polar surface area (TPSA) is 50.1 Å². The van der Waals surface area contributed by atoms with Crippen molar-refractivity contribution < 1.29 is 9.53 Å². The van der Waals surface area contributed by atoms with Crippen molar-refractivity contribution >= 4 is 21.9 Å². The summed E-state index contributed by atoms with van der Waals surface area (Å²) in [4.78, 5) is 11.4. The summed E-state index contributed by atoms with van der Waals surface area (Å²) >= 11 is 3.29. The van der Waals surface area contributed by atoms with E-state index in [1.165, 1.54) is 0 Å². The van der Waals surface area contributed by atoms with E-state index >= 15 is 0 Å². The third kappa shape index (κ3) is 3.07. The van der Waals surface area contributed by atoms with Crippen molar-refractivity contribution in [2.24, 2.45) is 0 Å². The van der Waals surface area contributed by atoms with Crippen LogP contribution in [0.3, 0.4) is 0 Å². The van der Waals surface area contributed by atoms with Crippen LogP contribution >= 0.6 is 15.9 Å². The highest BCUT2D eigenvalue weighted by molar-refractivity contribution is 9.10. The zero-order chi connectivity index (χ0) is 11.3. The van der Waals surface area contributed by atoms with Gasteiger partial charge < -0.3 is 4.74 Å². The Morgan fingerprint density at radius 2 is 2.40 bits per heavy atom. The molecular formula is C11H10BrNO2. The Morgan fingerprint density at radius 1 is 1.67 bits per heavy atom. The SMILES string of the molecule is CCOC(=O)[C@@H](C#N)c1cccc(Br)c1. The summed E-state index contributed by atoms with van der Waals surface area (Å²) in [5.41, 5.74) is 0.644. The highest BCUT2D eigenvalue weighted by Gasteiger charge is 2.21. The minimum atomic E-state index is -0.845. The normalized spacial score (nSPS) is 11.5. The number of nitrogens with zero attached hydrogens (tertiary/aromatic N) is 1. The average molecular weight is 268 g/mol. The van der Waals surface area contributed by atoms with Gasteiger partial charge in [0.25, 0.3) is 0 Å². The lowest BCUT2D eigenvalue weighted by molar-refractivity contribution is -0.143. The van der Waals surface area contributed by atoms with Gasteiger partial charge in [-0.1, -0.05) is 28.1 Å². The van der Waals surface area contributed by atoms with Gasteiger partial charge >= 0.3 is 5.97 Å². The van der Waals surface area contributed by atoms with E-state index in [1.54, 1.807) is 25.1 Å². The van der Waals surface area contributed by atoms with Crippen LogP contribution in [-0.4, -0.2) is 12.6 Å². The number of carbonyl (C=O) groups is 1. The van der Waals surface area contributed by atoms with E-state index in [4.69, 9.17) is 10.00 Å². The highest BCUT2D eigenvalue weighted by Crippen LogP contribution is 2.20. The van der Waals surface area contributed by atoms with Crippen LogP contribution in [0.25, 0.3) is 0 Å². The minimum absolute atomic E-state index is 0.283. The highest BCUT2D eigenvalue weighted by atomic mass is 79.9. The molecule has 0 saturated heterocycles. The first-order valence-electron chi connectivity index (χ1n) is 4.50. The lowest BCUT2D eigenvalue weighted by Gasteiger charge is -2.08. The van der Waals surface area contributed by atoms with Crippen molar-refractivity contribution in [3.8, 4) is 6.07 Å². The first kappa shape index (κ1) is 11.7. The molecule has 0 amide bonds. The third-order valence-electron chi connectivity index (χ3n) is 1.83. The average Bonchev–Trinajstić information content (AvgIpc) is 2.19. The molecule has 1 aromatic rings. The van der Waals surface area contributed by atoms with E-state index in [1.807, 2.05) is 12.1 Å². The van der Waals surface area contributed by atoms with E-state index in [0.717, 1.165) is 4.47 Å². The van der Waals surface area contributed by atoms with Crippen molar-refractivity contribution in [2.75, 3.05) is 6.61 Å². The van der Waals surface area contributed by atoms with Crippen LogP contribution in [0.4, 0.5) is 0 Å². The molecule has 1 atom stereocenters. The van der Waals surface area contributed by atoms with Crippen molar-refractivity contribution in [1.29, 1.82) is 5.26 Å². The number of benzene rings is 1. The van der Waals surface area contributed by atoms with Gasteiger partial charge in [0.1, 0.15) is 0 Å². The molecule has 0 bridgehead atoms. The van der Waals surface area contributed by atoms with Crippen LogP contribution in [0.1, 0.15) is 18.4 Å². The van der Waals surface area contributed by atoms with Gasteiger partial charge in [-0.2, -0.15) is 5.26 Å². The Morgan fingerprint density at radius 3 is 2.93 bits per heavy atom. The van der Waals surface area contributed by atoms with E-state index in [-0.39, 0.29) is 6.61 Å². The quantitative estimate of drug-likeness (QED) is 0.792. The van der Waals surface area contributed by atoms with Gasteiger partial charge in [-0.3, -0.25) is 4.79 Å². The van der Waals surface area contributed by atoms with E-state index in [0.29, 0.717) is 5.56 Å². The molecule has 0 fully saturated rings. The zero-order valence-corrected chi connectivity index (χ0v) is 9.82. The molecule has 4 heteroatoms. The fourth-order valence-corrected chi connectivity index (χ4v) is 1.59. The molecular weight excluding hydrogens is 258 g/mol. The van der Waals surface area contributed by atoms with Gasteiger partial charge in [-0.05, 0) is 24.6 Å². The summed E-state index contributed by atoms with van der Waals surface area (Å²) in [5, 5.41) is 8.90. The van der Waals surface area contributed by atoms with Crippen molar-refractivity contribution in [2.45, 2.75) is 12.8 Å².